The molecule has 0 radical (unpaired) electrons. The van der Waals surface area contributed by atoms with Crippen LogP contribution in [0.5, 0.6) is 0 Å². The molecule has 23 heavy (non-hydrogen) atoms. The first-order valence-corrected chi connectivity index (χ1v) is 7.61. The smallest absolute Gasteiger partial charge is 0.338 e. The summed E-state index contributed by atoms with van der Waals surface area (Å²) in [5.74, 6) is -1.46. The van der Waals surface area contributed by atoms with Crippen LogP contribution < -0.4 is 0 Å². The number of ketones is 1. The van der Waals surface area contributed by atoms with E-state index in [0.29, 0.717) is 11.6 Å². The fourth-order valence-electron chi connectivity index (χ4n) is 2.86. The Balaban J connectivity index is 1.68. The minimum atomic E-state index is -0.700. The highest BCUT2D eigenvalue weighted by Gasteiger charge is 2.28. The van der Waals surface area contributed by atoms with Crippen molar-refractivity contribution in [3.05, 3.63) is 58.7 Å². The Morgan fingerprint density at radius 2 is 2.00 bits per heavy atom. The van der Waals surface area contributed by atoms with E-state index < -0.39 is 11.8 Å². The number of rotatable bonds is 5. The molecule has 4 nitrogen and oxygen atoms in total. The van der Waals surface area contributed by atoms with E-state index in [2.05, 4.69) is 4.57 Å². The van der Waals surface area contributed by atoms with Gasteiger partial charge in [-0.05, 0) is 51.0 Å². The van der Waals surface area contributed by atoms with Gasteiger partial charge in [0.2, 0.25) is 5.78 Å². The molecule has 0 bridgehead atoms. The standard InChI is InChI=1S/C18H18FNO3/c1-11-8-16(12(2)20(11)15-6-7-15)17(21)10-23-18(22)13-4-3-5-14(19)9-13/h3-5,8-9,15H,6-7,10H2,1-2H3. The Morgan fingerprint density at radius 1 is 1.26 bits per heavy atom. The zero-order chi connectivity index (χ0) is 16.6. The van der Waals surface area contributed by atoms with Gasteiger partial charge in [0.15, 0.2) is 6.61 Å². The summed E-state index contributed by atoms with van der Waals surface area (Å²) in [6.07, 6.45) is 2.27. The number of Topliss-reactive ketones (excluding diaryl/α,β-unsaturated/α-hetero) is 1. The van der Waals surface area contributed by atoms with Crippen molar-refractivity contribution in [2.24, 2.45) is 0 Å². The molecular formula is C18H18FNO3. The van der Waals surface area contributed by atoms with Gasteiger partial charge in [0.05, 0.1) is 5.56 Å². The minimum absolute atomic E-state index is 0.0984. The summed E-state index contributed by atoms with van der Waals surface area (Å²) in [7, 11) is 0. The topological polar surface area (TPSA) is 48.3 Å². The Kier molecular flexibility index (Phi) is 4.03. The maximum absolute atomic E-state index is 13.1. The van der Waals surface area contributed by atoms with Gasteiger partial charge in [-0.3, -0.25) is 4.79 Å². The highest BCUT2D eigenvalue weighted by molar-refractivity contribution is 6.00. The summed E-state index contributed by atoms with van der Waals surface area (Å²) in [5.41, 5.74) is 2.64. The van der Waals surface area contributed by atoms with Gasteiger partial charge in [-0.15, -0.1) is 0 Å². The first-order valence-electron chi connectivity index (χ1n) is 7.61. The molecule has 1 fully saturated rings. The van der Waals surface area contributed by atoms with Gasteiger partial charge in [0, 0.05) is 23.0 Å². The lowest BCUT2D eigenvalue weighted by atomic mass is 10.1. The van der Waals surface area contributed by atoms with Crippen molar-refractivity contribution in [1.29, 1.82) is 0 Å². The van der Waals surface area contributed by atoms with Crippen molar-refractivity contribution in [2.45, 2.75) is 32.7 Å². The van der Waals surface area contributed by atoms with Crippen LogP contribution in [-0.2, 0) is 4.74 Å². The predicted molar refractivity (Wildman–Crippen MR) is 83.2 cm³/mol. The SMILES string of the molecule is Cc1cc(C(=O)COC(=O)c2cccc(F)c2)c(C)n1C1CC1. The van der Waals surface area contributed by atoms with Crippen LogP contribution in [0.15, 0.2) is 30.3 Å². The largest absolute Gasteiger partial charge is 0.454 e. The van der Waals surface area contributed by atoms with Gasteiger partial charge in [-0.2, -0.15) is 0 Å². The van der Waals surface area contributed by atoms with Crippen LogP contribution >= 0.6 is 0 Å². The summed E-state index contributed by atoms with van der Waals surface area (Å²) >= 11 is 0. The number of nitrogens with zero attached hydrogens (tertiary/aromatic N) is 1. The third-order valence-corrected chi connectivity index (χ3v) is 4.09. The number of hydrogen-bond donors (Lipinski definition) is 0. The van der Waals surface area contributed by atoms with E-state index in [1.807, 2.05) is 19.9 Å². The van der Waals surface area contributed by atoms with E-state index in [9.17, 15) is 14.0 Å². The number of benzene rings is 1. The summed E-state index contributed by atoms with van der Waals surface area (Å²) in [6, 6.07) is 7.55. The van der Waals surface area contributed by atoms with Gasteiger partial charge >= 0.3 is 5.97 Å². The highest BCUT2D eigenvalue weighted by Crippen LogP contribution is 2.38. The molecule has 1 aliphatic carbocycles. The number of aryl methyl sites for hydroxylation is 1. The normalized spacial score (nSPS) is 13.9. The van der Waals surface area contributed by atoms with Crippen LogP contribution in [0.1, 0.15) is 51.0 Å². The van der Waals surface area contributed by atoms with Crippen LogP contribution in [0.3, 0.4) is 0 Å². The van der Waals surface area contributed by atoms with Crippen molar-refractivity contribution >= 4 is 11.8 Å². The Bertz CT molecular complexity index is 775. The maximum atomic E-state index is 13.1. The molecule has 5 heteroatoms. The first kappa shape index (κ1) is 15.5. The van der Waals surface area contributed by atoms with Crippen LogP contribution in [0.2, 0.25) is 0 Å². The monoisotopic (exact) mass is 315 g/mol. The van der Waals surface area contributed by atoms with Gasteiger partial charge in [-0.25, -0.2) is 9.18 Å². The van der Waals surface area contributed by atoms with Crippen molar-refractivity contribution < 1.29 is 18.7 Å². The number of halogens is 1. The fraction of sp³-hybridized carbons (Fsp3) is 0.333. The van der Waals surface area contributed by atoms with Crippen LogP contribution in [0, 0.1) is 19.7 Å². The van der Waals surface area contributed by atoms with Crippen molar-refractivity contribution in [1.82, 2.24) is 4.57 Å². The number of carbonyl (C=O) groups excluding carboxylic acids is 2. The molecule has 120 valence electrons. The minimum Gasteiger partial charge on any atom is -0.454 e. The number of aromatic nitrogens is 1. The second kappa shape index (κ2) is 5.99. The molecule has 0 unspecified atom stereocenters. The van der Waals surface area contributed by atoms with Crippen molar-refractivity contribution in [3.8, 4) is 0 Å². The number of esters is 1. The van der Waals surface area contributed by atoms with E-state index in [1.54, 1.807) is 0 Å². The summed E-state index contributed by atoms with van der Waals surface area (Å²) in [6.45, 7) is 3.54. The molecule has 3 rings (SSSR count). The van der Waals surface area contributed by atoms with Gasteiger partial charge < -0.3 is 9.30 Å². The third kappa shape index (κ3) is 3.18. The predicted octanol–water partition coefficient (Wildman–Crippen LogP) is 3.62. The molecule has 1 saturated carbocycles. The fourth-order valence-corrected chi connectivity index (χ4v) is 2.86. The van der Waals surface area contributed by atoms with Crippen LogP contribution in [-0.4, -0.2) is 22.9 Å². The number of carbonyl (C=O) groups is 2. The lowest BCUT2D eigenvalue weighted by Crippen LogP contribution is -2.15. The van der Waals surface area contributed by atoms with E-state index in [1.165, 1.54) is 18.2 Å². The van der Waals surface area contributed by atoms with Gasteiger partial charge in [-0.1, -0.05) is 6.07 Å². The van der Waals surface area contributed by atoms with E-state index >= 15 is 0 Å². The maximum Gasteiger partial charge on any atom is 0.338 e. The van der Waals surface area contributed by atoms with E-state index in [0.717, 1.165) is 30.3 Å². The molecule has 2 aromatic rings. The second-order valence-electron chi connectivity index (χ2n) is 5.90. The molecule has 0 aliphatic heterocycles. The average molecular weight is 315 g/mol. The lowest BCUT2D eigenvalue weighted by Gasteiger charge is -2.08. The zero-order valence-electron chi connectivity index (χ0n) is 13.1. The molecule has 1 heterocycles. The first-order chi connectivity index (χ1) is 11.0. The average Bonchev–Trinajstić information content (AvgIpc) is 3.30. The third-order valence-electron chi connectivity index (χ3n) is 4.09. The Morgan fingerprint density at radius 3 is 2.65 bits per heavy atom. The molecule has 0 amide bonds. The molecule has 0 spiro atoms. The summed E-state index contributed by atoms with van der Waals surface area (Å²) in [5, 5.41) is 0. The Labute approximate surface area is 133 Å². The van der Waals surface area contributed by atoms with Crippen LogP contribution in [0.25, 0.3) is 0 Å². The van der Waals surface area contributed by atoms with Crippen molar-refractivity contribution in [3.63, 3.8) is 0 Å². The molecular weight excluding hydrogens is 297 g/mol. The van der Waals surface area contributed by atoms with Crippen LogP contribution in [0.4, 0.5) is 4.39 Å². The number of ether oxygens (including phenoxy) is 1. The molecule has 1 aliphatic rings. The lowest BCUT2D eigenvalue weighted by molar-refractivity contribution is 0.0474. The molecule has 0 N–H and O–H groups in total. The van der Waals surface area contributed by atoms with Crippen molar-refractivity contribution in [2.75, 3.05) is 6.61 Å². The second-order valence-corrected chi connectivity index (χ2v) is 5.90. The van der Waals surface area contributed by atoms with Gasteiger partial charge in [0.1, 0.15) is 5.82 Å². The molecule has 1 aromatic carbocycles. The Hall–Kier alpha value is -2.43. The highest BCUT2D eigenvalue weighted by atomic mass is 19.1. The van der Waals surface area contributed by atoms with E-state index in [4.69, 9.17) is 4.74 Å². The zero-order valence-corrected chi connectivity index (χ0v) is 13.1. The molecule has 1 aromatic heterocycles. The number of hydrogen-bond acceptors (Lipinski definition) is 3. The van der Waals surface area contributed by atoms with Gasteiger partial charge in [0.25, 0.3) is 0 Å². The molecule has 0 saturated heterocycles. The van der Waals surface area contributed by atoms with E-state index in [-0.39, 0.29) is 18.0 Å². The quantitative estimate of drug-likeness (QED) is 0.625. The molecule has 0 atom stereocenters. The summed E-state index contributed by atoms with van der Waals surface area (Å²) < 4.78 is 20.3. The summed E-state index contributed by atoms with van der Waals surface area (Å²) in [4.78, 5) is 24.2.